The molecule has 0 aliphatic carbocycles. The number of carbonyl (C=O) groups excluding carboxylic acids is 2. The van der Waals surface area contributed by atoms with Crippen molar-refractivity contribution in [3.63, 3.8) is 0 Å². The minimum atomic E-state index is -4.47. The van der Waals surface area contributed by atoms with E-state index < -0.39 is 23.7 Å². The van der Waals surface area contributed by atoms with Crippen LogP contribution in [0.15, 0.2) is 88.7 Å². The summed E-state index contributed by atoms with van der Waals surface area (Å²) in [5, 5.41) is 4.99. The molecule has 0 saturated carbocycles. The van der Waals surface area contributed by atoms with Gasteiger partial charge in [0.15, 0.2) is 0 Å². The van der Waals surface area contributed by atoms with Crippen LogP contribution >= 0.6 is 58.2 Å². The van der Waals surface area contributed by atoms with Crippen LogP contribution in [0.1, 0.15) is 15.9 Å². The number of hydrogen-bond acceptors (Lipinski definition) is 4. The van der Waals surface area contributed by atoms with Gasteiger partial charge in [-0.25, -0.2) is 4.79 Å². The third-order valence-electron chi connectivity index (χ3n) is 5.15. The SMILES string of the molecule is O=C(NC(=O)c1c(Cl)cccc1Cl)Nc1ccc(Oc2ccc(Sc3ccc(C(F)(F)F)cc3Cl)cc2)c(Cl)c1. The van der Waals surface area contributed by atoms with Gasteiger partial charge in [0.1, 0.15) is 11.5 Å². The van der Waals surface area contributed by atoms with E-state index in [0.717, 1.165) is 17.0 Å². The molecule has 5 nitrogen and oxygen atoms in total. The fraction of sp³-hybridized carbons (Fsp3) is 0.0370. The molecule has 4 aromatic carbocycles. The van der Waals surface area contributed by atoms with Gasteiger partial charge in [0.05, 0.1) is 31.2 Å². The molecule has 0 radical (unpaired) electrons. The Kier molecular flexibility index (Phi) is 9.43. The van der Waals surface area contributed by atoms with Gasteiger partial charge < -0.3 is 10.1 Å². The average molecular weight is 646 g/mol. The van der Waals surface area contributed by atoms with E-state index in [2.05, 4.69) is 10.6 Å². The fourth-order valence-corrected chi connectivity index (χ4v) is 5.20. The molecule has 0 aliphatic rings. The normalized spacial score (nSPS) is 11.2. The van der Waals surface area contributed by atoms with E-state index in [1.165, 1.54) is 48.2 Å². The van der Waals surface area contributed by atoms with Crippen LogP contribution in [0.25, 0.3) is 0 Å². The number of imide groups is 1. The molecule has 4 rings (SSSR count). The minimum Gasteiger partial charge on any atom is -0.456 e. The summed E-state index contributed by atoms with van der Waals surface area (Å²) in [7, 11) is 0. The molecule has 0 fully saturated rings. The van der Waals surface area contributed by atoms with Crippen LogP contribution in [-0.2, 0) is 6.18 Å². The zero-order valence-corrected chi connectivity index (χ0v) is 23.6. The van der Waals surface area contributed by atoms with Gasteiger partial charge in [-0.05, 0) is 72.8 Å². The van der Waals surface area contributed by atoms with Gasteiger partial charge in [0.25, 0.3) is 5.91 Å². The molecule has 0 unspecified atom stereocenters. The first-order chi connectivity index (χ1) is 18.9. The molecule has 0 bridgehead atoms. The smallest absolute Gasteiger partial charge is 0.416 e. The number of hydrogen-bond donors (Lipinski definition) is 2. The van der Waals surface area contributed by atoms with Crippen molar-refractivity contribution in [2.24, 2.45) is 0 Å². The predicted molar refractivity (Wildman–Crippen MR) is 151 cm³/mol. The van der Waals surface area contributed by atoms with Crippen LogP contribution in [-0.4, -0.2) is 11.9 Å². The van der Waals surface area contributed by atoms with E-state index in [1.54, 1.807) is 30.3 Å². The van der Waals surface area contributed by atoms with E-state index in [9.17, 15) is 22.8 Å². The Morgan fingerprint density at radius 2 is 1.45 bits per heavy atom. The number of carbonyl (C=O) groups is 2. The number of urea groups is 1. The van der Waals surface area contributed by atoms with Crippen molar-refractivity contribution < 1.29 is 27.5 Å². The number of alkyl halides is 3. The molecule has 40 heavy (non-hydrogen) atoms. The lowest BCUT2D eigenvalue weighted by atomic mass is 10.2. The lowest BCUT2D eigenvalue weighted by Gasteiger charge is -2.12. The number of rotatable bonds is 6. The Morgan fingerprint density at radius 3 is 2.05 bits per heavy atom. The van der Waals surface area contributed by atoms with Crippen molar-refractivity contribution in [1.29, 1.82) is 0 Å². The third kappa shape index (κ3) is 7.56. The molecule has 13 heteroatoms. The summed E-state index contributed by atoms with van der Waals surface area (Å²) >= 11 is 25.5. The van der Waals surface area contributed by atoms with E-state index in [4.69, 9.17) is 51.1 Å². The quantitative estimate of drug-likeness (QED) is 0.219. The maximum absolute atomic E-state index is 12.9. The Bertz CT molecular complexity index is 1560. The number of ether oxygens (including phenoxy) is 1. The predicted octanol–water partition coefficient (Wildman–Crippen LogP) is 10.2. The highest BCUT2D eigenvalue weighted by Gasteiger charge is 2.31. The van der Waals surface area contributed by atoms with Crippen LogP contribution in [0.2, 0.25) is 20.1 Å². The number of halogens is 7. The monoisotopic (exact) mass is 644 g/mol. The first-order valence-corrected chi connectivity index (χ1v) is 13.4. The standard InChI is InChI=1S/C27H15Cl4F3N2O3S/c28-18-2-1-3-19(29)24(18)25(37)36-26(38)35-15-5-10-22(20(30)13-15)39-16-6-8-17(9-7-16)40-23-11-4-14(12-21(23)31)27(32,33)34/h1-13H,(H2,35,36,37,38). The number of benzene rings is 4. The van der Waals surface area contributed by atoms with Crippen LogP contribution in [0.4, 0.5) is 23.7 Å². The van der Waals surface area contributed by atoms with Crippen LogP contribution in [0.5, 0.6) is 11.5 Å². The second-order valence-corrected chi connectivity index (χ2v) is 10.7. The molecular weight excluding hydrogens is 631 g/mol. The number of nitrogens with one attached hydrogen (secondary N) is 2. The molecule has 3 amide bonds. The summed E-state index contributed by atoms with van der Waals surface area (Å²) in [5.74, 6) is -0.0514. The maximum atomic E-state index is 12.9. The molecule has 0 saturated heterocycles. The summed E-state index contributed by atoms with van der Waals surface area (Å²) in [6.07, 6.45) is -4.47. The zero-order valence-electron chi connectivity index (χ0n) is 19.8. The summed E-state index contributed by atoms with van der Waals surface area (Å²) in [5.41, 5.74) is -0.567. The van der Waals surface area contributed by atoms with Gasteiger partial charge in [0.2, 0.25) is 0 Å². The van der Waals surface area contributed by atoms with Gasteiger partial charge in [0, 0.05) is 15.5 Å². The van der Waals surface area contributed by atoms with Crippen molar-refractivity contribution in [3.05, 3.63) is 110 Å². The zero-order chi connectivity index (χ0) is 29.0. The molecule has 0 atom stereocenters. The Morgan fingerprint density at radius 1 is 0.775 bits per heavy atom. The second-order valence-electron chi connectivity index (χ2n) is 7.97. The summed E-state index contributed by atoms with van der Waals surface area (Å²) in [4.78, 5) is 25.8. The van der Waals surface area contributed by atoms with E-state index >= 15 is 0 Å². The van der Waals surface area contributed by atoms with Gasteiger partial charge >= 0.3 is 12.2 Å². The lowest BCUT2D eigenvalue weighted by molar-refractivity contribution is -0.137. The minimum absolute atomic E-state index is 0.00802. The van der Waals surface area contributed by atoms with Crippen LogP contribution in [0, 0.1) is 0 Å². The third-order valence-corrected chi connectivity index (χ3v) is 7.58. The van der Waals surface area contributed by atoms with Gasteiger partial charge in [-0.1, -0.05) is 64.2 Å². The van der Waals surface area contributed by atoms with Gasteiger partial charge in [-0.2, -0.15) is 13.2 Å². The molecule has 0 spiro atoms. The Balaban J connectivity index is 1.36. The highest BCUT2D eigenvalue weighted by Crippen LogP contribution is 2.39. The second kappa shape index (κ2) is 12.6. The molecular formula is C27H15Cl4F3N2O3S. The van der Waals surface area contributed by atoms with Crippen molar-refractivity contribution in [3.8, 4) is 11.5 Å². The summed E-state index contributed by atoms with van der Waals surface area (Å²) in [6.45, 7) is 0. The van der Waals surface area contributed by atoms with Crippen LogP contribution < -0.4 is 15.4 Å². The molecule has 4 aromatic rings. The Hall–Kier alpha value is -3.08. The lowest BCUT2D eigenvalue weighted by Crippen LogP contribution is -2.34. The van der Waals surface area contributed by atoms with Gasteiger partial charge in [-0.15, -0.1) is 0 Å². The van der Waals surface area contributed by atoms with Crippen molar-refractivity contribution in [2.45, 2.75) is 16.0 Å². The molecule has 0 heterocycles. The first-order valence-electron chi connectivity index (χ1n) is 11.1. The summed E-state index contributed by atoms with van der Waals surface area (Å²) in [6, 6.07) is 18.1. The van der Waals surface area contributed by atoms with Gasteiger partial charge in [-0.3, -0.25) is 10.1 Å². The van der Waals surface area contributed by atoms with Crippen LogP contribution in [0.3, 0.4) is 0 Å². The highest BCUT2D eigenvalue weighted by atomic mass is 35.5. The Labute approximate surface area is 250 Å². The maximum Gasteiger partial charge on any atom is 0.416 e. The van der Waals surface area contributed by atoms with E-state index in [1.807, 2.05) is 0 Å². The summed E-state index contributed by atoms with van der Waals surface area (Å²) < 4.78 is 44.4. The largest absolute Gasteiger partial charge is 0.456 e. The van der Waals surface area contributed by atoms with E-state index in [0.29, 0.717) is 10.6 Å². The highest BCUT2D eigenvalue weighted by molar-refractivity contribution is 7.99. The van der Waals surface area contributed by atoms with Crippen molar-refractivity contribution in [2.75, 3.05) is 5.32 Å². The van der Waals surface area contributed by atoms with Crippen molar-refractivity contribution in [1.82, 2.24) is 5.32 Å². The average Bonchev–Trinajstić information content (AvgIpc) is 2.87. The fourth-order valence-electron chi connectivity index (χ4n) is 3.29. The number of amides is 3. The number of anilines is 1. The molecule has 206 valence electrons. The molecule has 0 aliphatic heterocycles. The molecule has 0 aromatic heterocycles. The first kappa shape index (κ1) is 29.9. The van der Waals surface area contributed by atoms with E-state index in [-0.39, 0.29) is 37.1 Å². The van der Waals surface area contributed by atoms with Crippen molar-refractivity contribution >= 4 is 75.8 Å². The molecule has 2 N–H and O–H groups in total. The topological polar surface area (TPSA) is 67.4 Å².